The van der Waals surface area contributed by atoms with Crippen molar-refractivity contribution >= 4 is 27.9 Å². The van der Waals surface area contributed by atoms with Crippen LogP contribution in [0.3, 0.4) is 0 Å². The number of carbonyl (C=O) groups excluding carboxylic acids is 1. The van der Waals surface area contributed by atoms with E-state index in [1.54, 1.807) is 7.05 Å². The van der Waals surface area contributed by atoms with Crippen molar-refractivity contribution in [1.82, 2.24) is 10.2 Å². The molecule has 1 aromatic carbocycles. The summed E-state index contributed by atoms with van der Waals surface area (Å²) in [4.78, 5) is 18.5. The first-order valence-electron chi connectivity index (χ1n) is 8.35. The van der Waals surface area contributed by atoms with Gasteiger partial charge in [0.15, 0.2) is 5.96 Å². The highest BCUT2D eigenvalue weighted by Crippen LogP contribution is 2.41. The second-order valence-corrected chi connectivity index (χ2v) is 7.62. The summed E-state index contributed by atoms with van der Waals surface area (Å²) in [5, 5.41) is 3.56. The second kappa shape index (κ2) is 7.13. The fraction of sp³-hybridized carbons (Fsp3) is 0.556. The summed E-state index contributed by atoms with van der Waals surface area (Å²) in [5.41, 5.74) is 1.35. The highest BCUT2D eigenvalue weighted by molar-refractivity contribution is 9.10. The Balaban J connectivity index is 1.59. The fourth-order valence-electron chi connectivity index (χ4n) is 3.49. The van der Waals surface area contributed by atoms with Crippen molar-refractivity contribution in [2.24, 2.45) is 16.8 Å². The summed E-state index contributed by atoms with van der Waals surface area (Å²) < 4.78 is 6.02. The summed E-state index contributed by atoms with van der Waals surface area (Å²) in [7, 11) is 3.26. The molecule has 1 aliphatic heterocycles. The number of ether oxygens (including phenoxy) is 1. The van der Waals surface area contributed by atoms with Crippen LogP contribution in [0.4, 0.5) is 0 Å². The first-order chi connectivity index (χ1) is 11.5. The number of likely N-dealkylation sites (tertiary alicyclic amines) is 1. The van der Waals surface area contributed by atoms with E-state index >= 15 is 0 Å². The number of benzene rings is 1. The van der Waals surface area contributed by atoms with Crippen molar-refractivity contribution < 1.29 is 9.53 Å². The average molecular weight is 394 g/mol. The van der Waals surface area contributed by atoms with Crippen molar-refractivity contribution in [3.05, 3.63) is 34.3 Å². The van der Waals surface area contributed by atoms with Crippen LogP contribution in [-0.2, 0) is 9.53 Å². The van der Waals surface area contributed by atoms with Crippen LogP contribution >= 0.6 is 15.9 Å². The summed E-state index contributed by atoms with van der Waals surface area (Å²) >= 11 is 3.48. The molecule has 6 heteroatoms. The normalized spacial score (nSPS) is 29.5. The molecular formula is C18H24BrN3O2. The van der Waals surface area contributed by atoms with Crippen LogP contribution in [0.5, 0.6) is 0 Å². The van der Waals surface area contributed by atoms with Gasteiger partial charge in [-0.05, 0) is 30.0 Å². The molecule has 0 bridgehead atoms. The molecule has 1 saturated carbocycles. The third-order valence-electron chi connectivity index (χ3n) is 5.03. The molecule has 130 valence electrons. The lowest BCUT2D eigenvalue weighted by Gasteiger charge is -2.21. The maximum absolute atomic E-state index is 11.9. The van der Waals surface area contributed by atoms with Crippen LogP contribution < -0.4 is 5.32 Å². The summed E-state index contributed by atoms with van der Waals surface area (Å²) in [6.07, 6.45) is 1.12. The van der Waals surface area contributed by atoms with E-state index in [1.165, 1.54) is 12.7 Å². The first kappa shape index (κ1) is 17.3. The van der Waals surface area contributed by atoms with Gasteiger partial charge in [-0.3, -0.25) is 9.79 Å². The van der Waals surface area contributed by atoms with E-state index in [0.29, 0.717) is 18.5 Å². The van der Waals surface area contributed by atoms with Crippen molar-refractivity contribution in [3.8, 4) is 0 Å². The summed E-state index contributed by atoms with van der Waals surface area (Å²) in [6.45, 7) is 3.59. The van der Waals surface area contributed by atoms with Crippen molar-refractivity contribution in [2.45, 2.75) is 25.3 Å². The molecule has 1 aliphatic carbocycles. The number of carbonyl (C=O) groups is 1. The molecule has 1 aromatic rings. The van der Waals surface area contributed by atoms with Crippen LogP contribution in [0, 0.1) is 11.8 Å². The number of hydrogen-bond donors (Lipinski definition) is 1. The van der Waals surface area contributed by atoms with E-state index in [9.17, 15) is 4.79 Å². The molecule has 0 spiro atoms. The number of nitrogens with one attached hydrogen (secondary N) is 1. The maximum atomic E-state index is 11.9. The molecule has 4 unspecified atom stereocenters. The van der Waals surface area contributed by atoms with Gasteiger partial charge < -0.3 is 15.0 Å². The molecule has 1 N–H and O–H groups in total. The van der Waals surface area contributed by atoms with Crippen LogP contribution in [-0.4, -0.2) is 50.1 Å². The van der Waals surface area contributed by atoms with Gasteiger partial charge in [0.05, 0.1) is 13.0 Å². The topological polar surface area (TPSA) is 53.9 Å². The van der Waals surface area contributed by atoms with E-state index in [2.05, 4.69) is 62.3 Å². The largest absolute Gasteiger partial charge is 0.469 e. The second-order valence-electron chi connectivity index (χ2n) is 6.70. The minimum absolute atomic E-state index is 0.0741. The number of halogens is 1. The Morgan fingerprint density at radius 2 is 2.04 bits per heavy atom. The zero-order valence-corrected chi connectivity index (χ0v) is 15.9. The molecule has 2 fully saturated rings. The van der Waals surface area contributed by atoms with E-state index in [0.717, 1.165) is 23.4 Å². The Labute approximate surface area is 151 Å². The highest BCUT2D eigenvalue weighted by Gasteiger charge is 2.42. The van der Waals surface area contributed by atoms with Gasteiger partial charge >= 0.3 is 5.97 Å². The Morgan fingerprint density at radius 1 is 1.33 bits per heavy atom. The van der Waals surface area contributed by atoms with Gasteiger partial charge in [0, 0.05) is 36.6 Å². The predicted octanol–water partition coefficient (Wildman–Crippen LogP) is 2.62. The third kappa shape index (κ3) is 3.58. The minimum atomic E-state index is -0.125. The van der Waals surface area contributed by atoms with Crippen LogP contribution in [0.25, 0.3) is 0 Å². The summed E-state index contributed by atoms with van der Waals surface area (Å²) in [6, 6.07) is 8.93. The molecular weight excluding hydrogens is 370 g/mol. The van der Waals surface area contributed by atoms with Gasteiger partial charge in [-0.25, -0.2) is 0 Å². The van der Waals surface area contributed by atoms with Gasteiger partial charge in [-0.1, -0.05) is 35.0 Å². The zero-order valence-electron chi connectivity index (χ0n) is 14.3. The van der Waals surface area contributed by atoms with E-state index in [1.807, 2.05) is 0 Å². The number of methoxy groups -OCH3 is 1. The zero-order chi connectivity index (χ0) is 17.3. The standard InChI is InChI=1S/C18H24BrN3O2/c1-11-9-22(10-15(11)17(23)24-3)18(20-2)21-16-8-14(16)12-4-6-13(19)7-5-12/h4-7,11,14-16H,8-10H2,1-3H3,(H,20,21). The lowest BCUT2D eigenvalue weighted by Crippen LogP contribution is -2.42. The highest BCUT2D eigenvalue weighted by atomic mass is 79.9. The van der Waals surface area contributed by atoms with Gasteiger partial charge in [0.2, 0.25) is 0 Å². The molecule has 24 heavy (non-hydrogen) atoms. The van der Waals surface area contributed by atoms with E-state index in [-0.39, 0.29) is 17.8 Å². The van der Waals surface area contributed by atoms with E-state index in [4.69, 9.17) is 4.74 Å². The molecule has 4 atom stereocenters. The first-order valence-corrected chi connectivity index (χ1v) is 9.14. The molecule has 5 nitrogen and oxygen atoms in total. The lowest BCUT2D eigenvalue weighted by atomic mass is 9.99. The number of rotatable bonds is 3. The Bertz CT molecular complexity index is 632. The smallest absolute Gasteiger partial charge is 0.310 e. The predicted molar refractivity (Wildman–Crippen MR) is 98.0 cm³/mol. The average Bonchev–Trinajstić information content (AvgIpc) is 3.25. The lowest BCUT2D eigenvalue weighted by molar-refractivity contribution is -0.145. The van der Waals surface area contributed by atoms with Gasteiger partial charge in [0.25, 0.3) is 0 Å². The fourth-order valence-corrected chi connectivity index (χ4v) is 3.76. The molecule has 0 radical (unpaired) electrons. The maximum Gasteiger partial charge on any atom is 0.310 e. The number of guanidine groups is 1. The molecule has 2 aliphatic rings. The van der Waals surface area contributed by atoms with Crippen LogP contribution in [0.15, 0.2) is 33.7 Å². The Kier molecular flexibility index (Phi) is 5.13. The molecule has 1 heterocycles. The van der Waals surface area contributed by atoms with Gasteiger partial charge in [-0.15, -0.1) is 0 Å². The van der Waals surface area contributed by atoms with Crippen LogP contribution in [0.2, 0.25) is 0 Å². The summed E-state index contributed by atoms with van der Waals surface area (Å²) in [5.74, 6) is 1.50. The van der Waals surface area contributed by atoms with Crippen molar-refractivity contribution in [1.29, 1.82) is 0 Å². The molecule has 0 amide bonds. The molecule has 0 aromatic heterocycles. The van der Waals surface area contributed by atoms with Crippen LogP contribution in [0.1, 0.15) is 24.8 Å². The minimum Gasteiger partial charge on any atom is -0.469 e. The SMILES string of the molecule is CN=C(NC1CC1c1ccc(Br)cc1)N1CC(C)C(C(=O)OC)C1. The quantitative estimate of drug-likeness (QED) is 0.487. The number of esters is 1. The third-order valence-corrected chi connectivity index (χ3v) is 5.56. The number of hydrogen-bond acceptors (Lipinski definition) is 3. The van der Waals surface area contributed by atoms with Crippen molar-refractivity contribution in [3.63, 3.8) is 0 Å². The monoisotopic (exact) mass is 393 g/mol. The molecule has 3 rings (SSSR count). The Hall–Kier alpha value is -1.56. The van der Waals surface area contributed by atoms with E-state index < -0.39 is 0 Å². The van der Waals surface area contributed by atoms with Gasteiger partial charge in [-0.2, -0.15) is 0 Å². The molecule has 1 saturated heterocycles. The van der Waals surface area contributed by atoms with Crippen molar-refractivity contribution in [2.75, 3.05) is 27.2 Å². The number of aliphatic imine (C=N–C) groups is 1. The Morgan fingerprint density at radius 3 is 2.67 bits per heavy atom. The van der Waals surface area contributed by atoms with Gasteiger partial charge in [0.1, 0.15) is 0 Å². The number of nitrogens with zero attached hydrogens (tertiary/aromatic N) is 2.